The average Bonchev–Trinajstić information content (AvgIpc) is 2.14. The molecule has 0 saturated heterocycles. The third kappa shape index (κ3) is 2.87. The van der Waals surface area contributed by atoms with Gasteiger partial charge in [-0.05, 0) is 30.3 Å². The van der Waals surface area contributed by atoms with E-state index in [9.17, 15) is 0 Å². The predicted molar refractivity (Wildman–Crippen MR) is 54.1 cm³/mol. The number of pyridine rings is 1. The summed E-state index contributed by atoms with van der Waals surface area (Å²) < 4.78 is 0. The quantitative estimate of drug-likeness (QED) is 0.727. The number of hydrogen-bond acceptors (Lipinski definition) is 3. The largest absolute Gasteiger partial charge is 0.394 e. The fourth-order valence-electron chi connectivity index (χ4n) is 1.07. The van der Waals surface area contributed by atoms with Crippen LogP contribution in [0.15, 0.2) is 30.7 Å². The highest BCUT2D eigenvalue weighted by molar-refractivity contribution is 5.22. The van der Waals surface area contributed by atoms with Gasteiger partial charge in [0.25, 0.3) is 0 Å². The third-order valence-electron chi connectivity index (χ3n) is 1.75. The summed E-state index contributed by atoms with van der Waals surface area (Å²) in [7, 11) is 1.84. The first-order chi connectivity index (χ1) is 6.24. The summed E-state index contributed by atoms with van der Waals surface area (Å²) in [6.07, 6.45) is 7.33. The standard InChI is InChI=1S/C10H15N3/c1-8-5-9(7-13-6-8)10(11)3-4-12-2/h3-7,10,12H,11H2,1-2H3/b4-3-. The van der Waals surface area contributed by atoms with Gasteiger partial charge < -0.3 is 11.1 Å². The third-order valence-corrected chi connectivity index (χ3v) is 1.75. The van der Waals surface area contributed by atoms with Gasteiger partial charge in [0.05, 0.1) is 6.04 Å². The zero-order valence-electron chi connectivity index (χ0n) is 7.99. The van der Waals surface area contributed by atoms with Crippen LogP contribution in [0.25, 0.3) is 0 Å². The van der Waals surface area contributed by atoms with Crippen LogP contribution in [0, 0.1) is 6.92 Å². The minimum absolute atomic E-state index is 0.0835. The van der Waals surface area contributed by atoms with Crippen molar-refractivity contribution in [2.45, 2.75) is 13.0 Å². The summed E-state index contributed by atoms with van der Waals surface area (Å²) >= 11 is 0. The molecule has 0 aliphatic rings. The number of hydrogen-bond donors (Lipinski definition) is 2. The van der Waals surface area contributed by atoms with Gasteiger partial charge in [-0.25, -0.2) is 0 Å². The van der Waals surface area contributed by atoms with Gasteiger partial charge >= 0.3 is 0 Å². The molecule has 70 valence electrons. The molecule has 1 aromatic heterocycles. The van der Waals surface area contributed by atoms with Gasteiger partial charge in [-0.2, -0.15) is 0 Å². The second-order valence-electron chi connectivity index (χ2n) is 2.97. The molecule has 3 heteroatoms. The van der Waals surface area contributed by atoms with Crippen LogP contribution in [0.1, 0.15) is 17.2 Å². The Labute approximate surface area is 78.7 Å². The van der Waals surface area contributed by atoms with E-state index in [1.54, 1.807) is 6.20 Å². The molecule has 0 aliphatic carbocycles. The smallest absolute Gasteiger partial charge is 0.0513 e. The van der Waals surface area contributed by atoms with E-state index in [1.165, 1.54) is 0 Å². The monoisotopic (exact) mass is 177 g/mol. The van der Waals surface area contributed by atoms with Crippen molar-refractivity contribution in [3.8, 4) is 0 Å². The minimum atomic E-state index is -0.0835. The maximum Gasteiger partial charge on any atom is 0.0513 e. The second-order valence-corrected chi connectivity index (χ2v) is 2.97. The summed E-state index contributed by atoms with van der Waals surface area (Å²) in [4.78, 5) is 4.08. The van der Waals surface area contributed by atoms with E-state index in [0.29, 0.717) is 0 Å². The zero-order valence-corrected chi connectivity index (χ0v) is 7.99. The van der Waals surface area contributed by atoms with Gasteiger partial charge in [-0.1, -0.05) is 6.07 Å². The van der Waals surface area contributed by atoms with Crippen molar-refractivity contribution in [2.75, 3.05) is 7.05 Å². The fraction of sp³-hybridized carbons (Fsp3) is 0.300. The highest BCUT2D eigenvalue weighted by Gasteiger charge is 2.01. The van der Waals surface area contributed by atoms with Crippen molar-refractivity contribution in [1.82, 2.24) is 10.3 Å². The van der Waals surface area contributed by atoms with Gasteiger partial charge in [0.2, 0.25) is 0 Å². The summed E-state index contributed by atoms with van der Waals surface area (Å²) in [6.45, 7) is 2.00. The molecule has 0 amide bonds. The highest BCUT2D eigenvalue weighted by Crippen LogP contribution is 2.10. The molecule has 0 aliphatic heterocycles. The van der Waals surface area contributed by atoms with E-state index < -0.39 is 0 Å². The number of nitrogens with zero attached hydrogens (tertiary/aromatic N) is 1. The van der Waals surface area contributed by atoms with Crippen molar-refractivity contribution < 1.29 is 0 Å². The Balaban J connectivity index is 2.76. The van der Waals surface area contributed by atoms with Gasteiger partial charge in [-0.3, -0.25) is 4.98 Å². The van der Waals surface area contributed by atoms with Gasteiger partial charge in [0.1, 0.15) is 0 Å². The van der Waals surface area contributed by atoms with Crippen molar-refractivity contribution in [2.24, 2.45) is 5.73 Å². The van der Waals surface area contributed by atoms with E-state index in [0.717, 1.165) is 11.1 Å². The first kappa shape index (κ1) is 9.74. The Morgan fingerprint density at radius 3 is 2.92 bits per heavy atom. The molecular formula is C10H15N3. The number of rotatable bonds is 3. The lowest BCUT2D eigenvalue weighted by Crippen LogP contribution is -2.08. The SMILES string of the molecule is CN/C=C\C(N)c1cncc(C)c1. The number of aromatic nitrogens is 1. The van der Waals surface area contributed by atoms with E-state index in [4.69, 9.17) is 5.73 Å². The zero-order chi connectivity index (χ0) is 9.68. The molecule has 0 fully saturated rings. The van der Waals surface area contributed by atoms with E-state index in [-0.39, 0.29) is 6.04 Å². The highest BCUT2D eigenvalue weighted by atomic mass is 14.8. The van der Waals surface area contributed by atoms with E-state index >= 15 is 0 Å². The molecule has 1 atom stereocenters. The van der Waals surface area contributed by atoms with Crippen LogP contribution < -0.4 is 11.1 Å². The van der Waals surface area contributed by atoms with E-state index in [1.807, 2.05) is 38.5 Å². The molecule has 0 radical (unpaired) electrons. The summed E-state index contributed by atoms with van der Waals surface area (Å²) in [5.41, 5.74) is 8.05. The molecule has 1 rings (SSSR count). The Hall–Kier alpha value is -1.35. The van der Waals surface area contributed by atoms with Crippen LogP contribution >= 0.6 is 0 Å². The van der Waals surface area contributed by atoms with Crippen LogP contribution in [-0.4, -0.2) is 12.0 Å². The van der Waals surface area contributed by atoms with Crippen LogP contribution in [0.3, 0.4) is 0 Å². The first-order valence-corrected chi connectivity index (χ1v) is 4.25. The lowest BCUT2D eigenvalue weighted by atomic mass is 10.1. The lowest BCUT2D eigenvalue weighted by molar-refractivity contribution is 0.884. The maximum atomic E-state index is 5.88. The lowest BCUT2D eigenvalue weighted by Gasteiger charge is -2.06. The van der Waals surface area contributed by atoms with Crippen LogP contribution in [0.2, 0.25) is 0 Å². The molecule has 1 unspecified atom stereocenters. The van der Waals surface area contributed by atoms with Crippen LogP contribution in [0.5, 0.6) is 0 Å². The van der Waals surface area contributed by atoms with Gasteiger partial charge in [-0.15, -0.1) is 0 Å². The molecule has 3 N–H and O–H groups in total. The normalized spacial score (nSPS) is 13.2. The fourth-order valence-corrected chi connectivity index (χ4v) is 1.07. The van der Waals surface area contributed by atoms with Crippen molar-refractivity contribution in [3.05, 3.63) is 41.9 Å². The average molecular weight is 177 g/mol. The molecule has 0 bridgehead atoms. The Kier molecular flexibility index (Phi) is 3.46. The molecule has 3 nitrogen and oxygen atoms in total. The predicted octanol–water partition coefficient (Wildman–Crippen LogP) is 1.12. The molecule has 1 heterocycles. The second kappa shape index (κ2) is 4.62. The molecule has 0 spiro atoms. The van der Waals surface area contributed by atoms with Crippen molar-refractivity contribution >= 4 is 0 Å². The summed E-state index contributed by atoms with van der Waals surface area (Å²) in [5.74, 6) is 0. The molecular weight excluding hydrogens is 162 g/mol. The van der Waals surface area contributed by atoms with Gasteiger partial charge in [0.15, 0.2) is 0 Å². The Morgan fingerprint density at radius 2 is 2.31 bits per heavy atom. The number of nitrogens with two attached hydrogens (primary N) is 1. The summed E-state index contributed by atoms with van der Waals surface area (Å²) in [6, 6.07) is 1.96. The number of aryl methyl sites for hydroxylation is 1. The Bertz CT molecular complexity index is 294. The topological polar surface area (TPSA) is 50.9 Å². The van der Waals surface area contributed by atoms with Gasteiger partial charge in [0, 0.05) is 19.4 Å². The van der Waals surface area contributed by atoms with E-state index in [2.05, 4.69) is 10.3 Å². The molecule has 0 aromatic carbocycles. The Morgan fingerprint density at radius 1 is 1.54 bits per heavy atom. The minimum Gasteiger partial charge on any atom is -0.394 e. The maximum absolute atomic E-state index is 5.88. The van der Waals surface area contributed by atoms with Crippen LogP contribution in [0.4, 0.5) is 0 Å². The molecule has 13 heavy (non-hydrogen) atoms. The molecule has 0 saturated carbocycles. The first-order valence-electron chi connectivity index (χ1n) is 4.25. The molecule has 1 aromatic rings. The van der Waals surface area contributed by atoms with Crippen LogP contribution in [-0.2, 0) is 0 Å². The van der Waals surface area contributed by atoms with Crippen molar-refractivity contribution in [3.63, 3.8) is 0 Å². The number of nitrogens with one attached hydrogen (secondary N) is 1. The van der Waals surface area contributed by atoms with Crippen molar-refractivity contribution in [1.29, 1.82) is 0 Å². The summed E-state index contributed by atoms with van der Waals surface area (Å²) in [5, 5.41) is 2.90.